The molecule has 204 valence electrons. The molecule has 3 aromatic heterocycles. The van der Waals surface area contributed by atoms with Gasteiger partial charge in [-0.15, -0.1) is 5.56 Å². The van der Waals surface area contributed by atoms with Crippen LogP contribution in [0.25, 0.3) is 10.9 Å². The molecule has 1 atom stereocenters. The number of halogens is 4. The van der Waals surface area contributed by atoms with Gasteiger partial charge in [0.1, 0.15) is 0 Å². The Labute approximate surface area is 261 Å². The van der Waals surface area contributed by atoms with Crippen molar-refractivity contribution in [1.82, 2.24) is 19.5 Å². The Morgan fingerprint density at radius 2 is 1.65 bits per heavy atom. The average Bonchev–Trinajstić information content (AvgIpc) is 3.31. The summed E-state index contributed by atoms with van der Waals surface area (Å²) in [6.07, 6.45) is 2.55. The topological polar surface area (TPSA) is 43.6 Å². The zero-order valence-corrected chi connectivity index (χ0v) is 27.8. The summed E-state index contributed by atoms with van der Waals surface area (Å²) in [7, 11) is 1.96. The second-order valence-electron chi connectivity index (χ2n) is 9.72. The van der Waals surface area contributed by atoms with Gasteiger partial charge in [-0.1, -0.05) is 53.0 Å². The zero-order valence-electron chi connectivity index (χ0n) is 22.9. The molecule has 0 N–H and O–H groups in total. The van der Waals surface area contributed by atoms with E-state index in [1.807, 2.05) is 55.9 Å². The molecule has 0 amide bonds. The van der Waals surface area contributed by atoms with E-state index in [0.717, 1.165) is 45.7 Å². The van der Waals surface area contributed by atoms with Gasteiger partial charge in [0.25, 0.3) is 0 Å². The van der Waals surface area contributed by atoms with Crippen LogP contribution in [0.5, 0.6) is 0 Å². The molecule has 3 heterocycles. The Hall–Kier alpha value is -2.66. The molecule has 0 fully saturated rings. The van der Waals surface area contributed by atoms with Gasteiger partial charge in [0, 0.05) is 24.6 Å². The Kier molecular flexibility index (Phi) is 9.61. The molecule has 0 aliphatic rings. The molecule has 4 nitrogen and oxygen atoms in total. The molecular weight excluding hydrogens is 759 g/mol. The van der Waals surface area contributed by atoms with E-state index in [4.69, 9.17) is 16.6 Å². The summed E-state index contributed by atoms with van der Waals surface area (Å²) in [5.41, 5.74) is 5.58. The molecule has 40 heavy (non-hydrogen) atoms. The van der Waals surface area contributed by atoms with Crippen molar-refractivity contribution in [2.75, 3.05) is 0 Å². The molecule has 5 aromatic rings. The molecule has 0 radical (unpaired) electrons. The quantitative estimate of drug-likeness (QED) is 0.171. The number of hydrogen-bond acceptors (Lipinski definition) is 3. The fraction of sp³-hybridized carbons (Fsp3) is 0.226. The maximum absolute atomic E-state index is 13.0. The van der Waals surface area contributed by atoms with Crippen molar-refractivity contribution in [1.29, 1.82) is 0 Å². The normalized spacial score (nSPS) is 12.9. The van der Waals surface area contributed by atoms with Crippen molar-refractivity contribution in [2.45, 2.75) is 38.8 Å². The van der Waals surface area contributed by atoms with Gasteiger partial charge in [-0.3, -0.25) is 4.98 Å². The number of fused-ring (bicyclic) bond motifs is 1. The molecule has 0 saturated carbocycles. The number of pyridine rings is 2. The maximum atomic E-state index is 13.0. The third-order valence-electron chi connectivity index (χ3n) is 7.14. The molecule has 1 unspecified atom stereocenters. The monoisotopic (exact) mass is 786 g/mol. The Balaban J connectivity index is 0.00000220. The minimum absolute atomic E-state index is 0. The summed E-state index contributed by atoms with van der Waals surface area (Å²) in [6, 6.07) is 15.1. The smallest absolute Gasteiger partial charge is 0.386 e. The largest absolute Gasteiger partial charge is 2.00 e. The van der Waals surface area contributed by atoms with Gasteiger partial charge in [-0.2, -0.15) is 24.8 Å². The van der Waals surface area contributed by atoms with Crippen molar-refractivity contribution >= 4 is 22.5 Å². The molecule has 2 aromatic carbocycles. The van der Waals surface area contributed by atoms with Gasteiger partial charge in [-0.05, 0) is 67.6 Å². The van der Waals surface area contributed by atoms with Gasteiger partial charge in [0.05, 0.1) is 23.0 Å². The van der Waals surface area contributed by atoms with Crippen molar-refractivity contribution < 1.29 is 44.3 Å². The SMILES string of the molecule is Cc1ccc(C(C)(c2ccc3n[c-]c(Cc4ccc(C(F)(F)F)cc4)c(Cl)c3c2)c2cncn2C)c(C)n1.[CH3-].[U+2]. The zero-order chi connectivity index (χ0) is 27.2. The number of rotatable bonds is 5. The molecular formula is C31H28ClF3N4U. The van der Waals surface area contributed by atoms with Crippen molar-refractivity contribution in [3.8, 4) is 0 Å². The number of hydrogen-bond donors (Lipinski definition) is 0. The first-order valence-electron chi connectivity index (χ1n) is 12.1. The van der Waals surface area contributed by atoms with Gasteiger partial charge in [0.15, 0.2) is 0 Å². The number of nitrogens with zero attached hydrogens (tertiary/aromatic N) is 4. The van der Waals surface area contributed by atoms with E-state index in [9.17, 15) is 13.2 Å². The number of benzene rings is 2. The van der Waals surface area contributed by atoms with E-state index in [1.165, 1.54) is 12.1 Å². The van der Waals surface area contributed by atoms with Gasteiger partial charge in [-0.25, -0.2) is 4.98 Å². The summed E-state index contributed by atoms with van der Waals surface area (Å²) >= 11 is 6.89. The molecule has 0 aliphatic heterocycles. The van der Waals surface area contributed by atoms with Crippen LogP contribution in [0.1, 0.15) is 51.8 Å². The van der Waals surface area contributed by atoms with Crippen LogP contribution in [0.3, 0.4) is 0 Å². The average molecular weight is 787 g/mol. The summed E-state index contributed by atoms with van der Waals surface area (Å²) in [4.78, 5) is 13.6. The first-order valence-corrected chi connectivity index (χ1v) is 12.4. The van der Waals surface area contributed by atoms with E-state index < -0.39 is 17.2 Å². The van der Waals surface area contributed by atoms with Gasteiger partial charge < -0.3 is 17.0 Å². The summed E-state index contributed by atoms with van der Waals surface area (Å²) in [5.74, 6) is 0. The van der Waals surface area contributed by atoms with Gasteiger partial charge >= 0.3 is 37.3 Å². The fourth-order valence-electron chi connectivity index (χ4n) is 5.09. The minimum atomic E-state index is -4.38. The van der Waals surface area contributed by atoms with E-state index in [1.54, 1.807) is 6.33 Å². The van der Waals surface area contributed by atoms with E-state index in [2.05, 4.69) is 29.2 Å². The predicted octanol–water partition coefficient (Wildman–Crippen LogP) is 7.85. The predicted molar refractivity (Wildman–Crippen MR) is 149 cm³/mol. The molecule has 9 heteroatoms. The summed E-state index contributed by atoms with van der Waals surface area (Å²) in [6.45, 7) is 6.11. The number of imidazole rings is 1. The Morgan fingerprint density at radius 3 is 2.25 bits per heavy atom. The standard InChI is InChI=1S/C30H25ClF3N4.CH3.U/c1-18-5-11-25(19(2)37-18)29(3,27-16-35-17-38(27)4)23-10-12-26-24(14-23)28(31)21(15-36-26)13-20-6-8-22(9-7-20)30(32,33)34;;/h5-12,14,16-17H,13H2,1-4H3;1H3;/q2*-1;+2. The van der Waals surface area contributed by atoms with E-state index in [0.29, 0.717) is 28.1 Å². The van der Waals surface area contributed by atoms with Crippen LogP contribution in [-0.4, -0.2) is 19.5 Å². The first-order chi connectivity index (χ1) is 18.0. The van der Waals surface area contributed by atoms with Crippen molar-refractivity contribution in [3.63, 3.8) is 0 Å². The third kappa shape index (κ3) is 5.86. The van der Waals surface area contributed by atoms with Crippen molar-refractivity contribution in [2.24, 2.45) is 7.05 Å². The summed E-state index contributed by atoms with van der Waals surface area (Å²) in [5, 5.41) is 1.22. The molecule has 0 saturated heterocycles. The van der Waals surface area contributed by atoms with E-state index in [-0.39, 0.29) is 38.5 Å². The van der Waals surface area contributed by atoms with Crippen LogP contribution < -0.4 is 0 Å². The third-order valence-corrected chi connectivity index (χ3v) is 7.57. The minimum Gasteiger partial charge on any atom is -0.386 e. The van der Waals surface area contributed by atoms with Crippen LogP contribution in [-0.2, 0) is 25.1 Å². The van der Waals surface area contributed by atoms with Crippen LogP contribution in [0.2, 0.25) is 5.02 Å². The van der Waals surface area contributed by atoms with Crippen LogP contribution >= 0.6 is 11.6 Å². The number of aryl methyl sites for hydroxylation is 3. The van der Waals surface area contributed by atoms with Gasteiger partial charge in [0.2, 0.25) is 0 Å². The maximum Gasteiger partial charge on any atom is 2.00 e. The molecule has 0 aliphatic carbocycles. The van der Waals surface area contributed by atoms with Crippen LogP contribution in [0.15, 0.2) is 67.1 Å². The first kappa shape index (κ1) is 31.9. The Morgan fingerprint density at radius 1 is 0.975 bits per heavy atom. The number of aromatic nitrogens is 4. The molecule has 0 spiro atoms. The van der Waals surface area contributed by atoms with Crippen molar-refractivity contribution in [3.05, 3.63) is 131 Å². The fourth-order valence-corrected chi connectivity index (χ4v) is 5.35. The second-order valence-corrected chi connectivity index (χ2v) is 10.1. The number of alkyl halides is 3. The Bertz CT molecular complexity index is 1650. The van der Waals surface area contributed by atoms with Crippen LogP contribution in [0.4, 0.5) is 13.2 Å². The molecule has 5 rings (SSSR count). The summed E-state index contributed by atoms with van der Waals surface area (Å²) < 4.78 is 40.9. The van der Waals surface area contributed by atoms with E-state index >= 15 is 0 Å². The second kappa shape index (κ2) is 12.1. The molecule has 0 bridgehead atoms. The van der Waals surface area contributed by atoms with Crippen LogP contribution in [0, 0.1) is 58.6 Å².